The van der Waals surface area contributed by atoms with Gasteiger partial charge in [0.05, 0.1) is 4.92 Å². The second kappa shape index (κ2) is 6.11. The number of hydrogen-bond donors (Lipinski definition) is 2. The Kier molecular flexibility index (Phi) is 4.79. The van der Waals surface area contributed by atoms with Gasteiger partial charge in [-0.3, -0.25) is 10.1 Å². The Labute approximate surface area is 105 Å². The van der Waals surface area contributed by atoms with Crippen LogP contribution >= 0.6 is 0 Å². The maximum Gasteiger partial charge on any atom is 0.343 e. The highest BCUT2D eigenvalue weighted by Gasteiger charge is 2.23. The fourth-order valence-electron chi connectivity index (χ4n) is 1.56. The van der Waals surface area contributed by atoms with Crippen molar-refractivity contribution >= 4 is 11.7 Å². The van der Waals surface area contributed by atoms with Crippen LogP contribution in [-0.4, -0.2) is 22.0 Å². The highest BCUT2D eigenvalue weighted by Crippen LogP contribution is 2.22. The van der Waals surface area contributed by atoms with Crippen LogP contribution in [0.15, 0.2) is 18.2 Å². The molecular weight excluding hydrogens is 236 g/mol. The number of carboxylic acids is 1. The monoisotopic (exact) mass is 252 g/mol. The van der Waals surface area contributed by atoms with Crippen molar-refractivity contribution in [2.24, 2.45) is 0 Å². The largest absolute Gasteiger partial charge is 0.477 e. The smallest absolute Gasteiger partial charge is 0.343 e. The first-order valence-electron chi connectivity index (χ1n) is 5.70. The van der Waals surface area contributed by atoms with Crippen LogP contribution < -0.4 is 5.32 Å². The van der Waals surface area contributed by atoms with Crippen molar-refractivity contribution in [3.05, 3.63) is 39.4 Å². The molecular formula is C12H16N2O4. The molecule has 0 aliphatic carbocycles. The number of hydrogen-bond acceptors (Lipinski definition) is 4. The lowest BCUT2D eigenvalue weighted by Crippen LogP contribution is -2.25. The third-order valence-corrected chi connectivity index (χ3v) is 2.79. The second-order valence-corrected chi connectivity index (χ2v) is 4.06. The zero-order chi connectivity index (χ0) is 13.7. The van der Waals surface area contributed by atoms with Gasteiger partial charge < -0.3 is 10.4 Å². The van der Waals surface area contributed by atoms with E-state index in [9.17, 15) is 14.9 Å². The topological polar surface area (TPSA) is 92.5 Å². The molecule has 0 heterocycles. The third kappa shape index (κ3) is 3.27. The van der Waals surface area contributed by atoms with Crippen LogP contribution in [0.5, 0.6) is 0 Å². The van der Waals surface area contributed by atoms with Crippen molar-refractivity contribution in [1.82, 2.24) is 5.32 Å². The van der Waals surface area contributed by atoms with Gasteiger partial charge in [-0.05, 0) is 18.9 Å². The van der Waals surface area contributed by atoms with Crippen LogP contribution in [0.4, 0.5) is 5.69 Å². The number of nitrogens with one attached hydrogen (secondary N) is 1. The van der Waals surface area contributed by atoms with Crippen molar-refractivity contribution < 1.29 is 14.8 Å². The molecule has 18 heavy (non-hydrogen) atoms. The fourth-order valence-corrected chi connectivity index (χ4v) is 1.56. The predicted octanol–water partition coefficient (Wildman–Crippen LogP) is 2.18. The lowest BCUT2D eigenvalue weighted by Gasteiger charge is -2.12. The third-order valence-electron chi connectivity index (χ3n) is 2.79. The van der Waals surface area contributed by atoms with Gasteiger partial charge in [0.15, 0.2) is 0 Å². The molecule has 0 amide bonds. The zero-order valence-electron chi connectivity index (χ0n) is 10.3. The summed E-state index contributed by atoms with van der Waals surface area (Å²) in [5, 5.41) is 23.0. The zero-order valence-corrected chi connectivity index (χ0v) is 10.3. The van der Waals surface area contributed by atoms with Crippen molar-refractivity contribution in [2.45, 2.75) is 32.9 Å². The molecule has 98 valence electrons. The minimum absolute atomic E-state index is 0.228. The Morgan fingerprint density at radius 2 is 2.22 bits per heavy atom. The molecule has 6 heteroatoms. The van der Waals surface area contributed by atoms with Crippen LogP contribution in [-0.2, 0) is 6.54 Å². The molecule has 0 radical (unpaired) electrons. The summed E-state index contributed by atoms with van der Waals surface area (Å²) < 4.78 is 0. The van der Waals surface area contributed by atoms with Gasteiger partial charge in [-0.25, -0.2) is 4.79 Å². The van der Waals surface area contributed by atoms with Crippen LogP contribution in [0.2, 0.25) is 0 Å². The molecule has 6 nitrogen and oxygen atoms in total. The summed E-state index contributed by atoms with van der Waals surface area (Å²) in [5.41, 5.74) is -0.179. The van der Waals surface area contributed by atoms with E-state index >= 15 is 0 Å². The lowest BCUT2D eigenvalue weighted by molar-refractivity contribution is -0.385. The highest BCUT2D eigenvalue weighted by molar-refractivity contribution is 5.94. The molecule has 1 rings (SSSR count). The van der Waals surface area contributed by atoms with Gasteiger partial charge in [0.2, 0.25) is 0 Å². The summed E-state index contributed by atoms with van der Waals surface area (Å²) in [5.74, 6) is -1.27. The van der Waals surface area contributed by atoms with Gasteiger partial charge in [0, 0.05) is 18.7 Å². The average Bonchev–Trinajstić information content (AvgIpc) is 2.34. The van der Waals surface area contributed by atoms with E-state index in [1.54, 1.807) is 6.07 Å². The first kappa shape index (κ1) is 14.1. The molecule has 0 saturated heterocycles. The molecule has 0 spiro atoms. The summed E-state index contributed by atoms with van der Waals surface area (Å²) in [4.78, 5) is 21.3. The van der Waals surface area contributed by atoms with Crippen LogP contribution in [0.25, 0.3) is 0 Å². The number of benzene rings is 1. The molecule has 2 N–H and O–H groups in total. The number of nitrogens with zero attached hydrogens (tertiary/aromatic N) is 1. The van der Waals surface area contributed by atoms with E-state index in [1.165, 1.54) is 12.1 Å². The van der Waals surface area contributed by atoms with Gasteiger partial charge in [-0.1, -0.05) is 19.1 Å². The maximum atomic E-state index is 11.1. The Balaban J connectivity index is 3.07. The first-order valence-corrected chi connectivity index (χ1v) is 5.70. The Morgan fingerprint density at radius 1 is 1.56 bits per heavy atom. The van der Waals surface area contributed by atoms with Crippen LogP contribution in [0, 0.1) is 10.1 Å². The maximum absolute atomic E-state index is 11.1. The van der Waals surface area contributed by atoms with Crippen molar-refractivity contribution in [3.63, 3.8) is 0 Å². The van der Waals surface area contributed by atoms with E-state index in [2.05, 4.69) is 5.32 Å². The summed E-state index contributed by atoms with van der Waals surface area (Å²) >= 11 is 0. The molecule has 1 aromatic rings. The Bertz CT molecular complexity index is 459. The van der Waals surface area contributed by atoms with Crippen LogP contribution in [0.1, 0.15) is 36.2 Å². The fraction of sp³-hybridized carbons (Fsp3) is 0.417. The number of carbonyl (C=O) groups is 1. The molecule has 0 aliphatic heterocycles. The second-order valence-electron chi connectivity index (χ2n) is 4.06. The van der Waals surface area contributed by atoms with E-state index in [0.29, 0.717) is 12.1 Å². The highest BCUT2D eigenvalue weighted by atomic mass is 16.6. The SMILES string of the molecule is CCC(C)NCc1cccc([N+](=O)[O-])c1C(=O)O. The summed E-state index contributed by atoms with van der Waals surface area (Å²) in [6, 6.07) is 4.52. The van der Waals surface area contributed by atoms with E-state index in [-0.39, 0.29) is 17.3 Å². The quantitative estimate of drug-likeness (QED) is 0.598. The Morgan fingerprint density at radius 3 is 2.72 bits per heavy atom. The number of nitro groups is 1. The number of nitro benzene ring substituents is 1. The molecule has 0 bridgehead atoms. The number of carboxylic acid groups (broad SMARTS) is 1. The minimum atomic E-state index is -1.27. The van der Waals surface area contributed by atoms with Gasteiger partial charge in [-0.15, -0.1) is 0 Å². The van der Waals surface area contributed by atoms with Crippen molar-refractivity contribution in [3.8, 4) is 0 Å². The van der Waals surface area contributed by atoms with Gasteiger partial charge in [0.25, 0.3) is 5.69 Å². The van der Waals surface area contributed by atoms with E-state index in [1.807, 2.05) is 13.8 Å². The molecule has 1 aromatic carbocycles. The molecule has 0 fully saturated rings. The van der Waals surface area contributed by atoms with Crippen LogP contribution in [0.3, 0.4) is 0 Å². The summed E-state index contributed by atoms with van der Waals surface area (Å²) in [6.45, 7) is 4.28. The van der Waals surface area contributed by atoms with Crippen molar-refractivity contribution in [1.29, 1.82) is 0 Å². The molecule has 0 aromatic heterocycles. The predicted molar refractivity (Wildman–Crippen MR) is 66.6 cm³/mol. The molecule has 0 saturated carbocycles. The number of rotatable bonds is 6. The summed E-state index contributed by atoms with van der Waals surface area (Å²) in [7, 11) is 0. The van der Waals surface area contributed by atoms with Gasteiger partial charge in [-0.2, -0.15) is 0 Å². The molecule has 1 unspecified atom stereocenters. The Hall–Kier alpha value is -1.95. The van der Waals surface area contributed by atoms with E-state index in [0.717, 1.165) is 6.42 Å². The standard InChI is InChI=1S/C12H16N2O4/c1-3-8(2)13-7-9-5-4-6-10(14(17)18)11(9)12(15)16/h4-6,8,13H,3,7H2,1-2H3,(H,15,16). The van der Waals surface area contributed by atoms with E-state index < -0.39 is 10.9 Å². The normalized spacial score (nSPS) is 12.1. The average molecular weight is 252 g/mol. The number of aromatic carboxylic acids is 1. The van der Waals surface area contributed by atoms with E-state index in [4.69, 9.17) is 5.11 Å². The minimum Gasteiger partial charge on any atom is -0.477 e. The lowest BCUT2D eigenvalue weighted by atomic mass is 10.0. The van der Waals surface area contributed by atoms with Gasteiger partial charge in [0.1, 0.15) is 5.56 Å². The first-order chi connectivity index (χ1) is 8.47. The van der Waals surface area contributed by atoms with Crippen molar-refractivity contribution in [2.75, 3.05) is 0 Å². The van der Waals surface area contributed by atoms with Gasteiger partial charge >= 0.3 is 5.97 Å². The summed E-state index contributed by atoms with van der Waals surface area (Å²) in [6.07, 6.45) is 0.900. The molecule has 1 atom stereocenters. The molecule has 0 aliphatic rings.